The topological polar surface area (TPSA) is 105 Å². The van der Waals surface area contributed by atoms with E-state index < -0.39 is 17.7 Å². The van der Waals surface area contributed by atoms with Gasteiger partial charge in [-0.25, -0.2) is 4.79 Å². The second kappa shape index (κ2) is 7.56. The van der Waals surface area contributed by atoms with Gasteiger partial charge in [0.2, 0.25) is 5.78 Å². The Balaban J connectivity index is 2.08. The molecule has 1 unspecified atom stereocenters. The van der Waals surface area contributed by atoms with Gasteiger partial charge in [0, 0.05) is 32.6 Å². The van der Waals surface area contributed by atoms with E-state index in [0.29, 0.717) is 13.1 Å². The van der Waals surface area contributed by atoms with Crippen molar-refractivity contribution in [3.8, 4) is 0 Å². The summed E-state index contributed by atoms with van der Waals surface area (Å²) >= 11 is 0. The molecule has 1 aliphatic heterocycles. The predicted molar refractivity (Wildman–Crippen MR) is 81.0 cm³/mol. The number of hydrogen-bond acceptors (Lipinski definition) is 4. The molecule has 0 radical (unpaired) electrons. The van der Waals surface area contributed by atoms with Crippen LogP contribution in [-0.4, -0.2) is 48.8 Å². The van der Waals surface area contributed by atoms with Crippen LogP contribution in [0.25, 0.3) is 0 Å². The summed E-state index contributed by atoms with van der Waals surface area (Å²) in [6, 6.07) is 8.26. The molecule has 7 heteroatoms. The minimum absolute atomic E-state index is 0.142. The summed E-state index contributed by atoms with van der Waals surface area (Å²) in [6.45, 7) is 2.70. The number of benzene rings is 1. The van der Waals surface area contributed by atoms with Gasteiger partial charge in [-0.15, -0.1) is 0 Å². The molecule has 1 fully saturated rings. The van der Waals surface area contributed by atoms with Crippen molar-refractivity contribution >= 4 is 17.7 Å². The Bertz CT molecular complexity index is 541. The molecule has 3 amide bonds. The Labute approximate surface area is 128 Å². The summed E-state index contributed by atoms with van der Waals surface area (Å²) in [6.07, 6.45) is -0.142. The molecule has 1 aromatic carbocycles. The maximum Gasteiger partial charge on any atom is 0.317 e. The summed E-state index contributed by atoms with van der Waals surface area (Å²) < 4.78 is 0. The second-order valence-electron chi connectivity index (χ2n) is 5.14. The van der Waals surface area contributed by atoms with Crippen LogP contribution in [-0.2, 0) is 9.59 Å². The molecule has 0 saturated carbocycles. The van der Waals surface area contributed by atoms with Gasteiger partial charge in [0.15, 0.2) is 0 Å². The lowest BCUT2D eigenvalue weighted by molar-refractivity contribution is -0.136. The average molecular weight is 304 g/mol. The van der Waals surface area contributed by atoms with Crippen LogP contribution in [0, 0.1) is 0 Å². The van der Waals surface area contributed by atoms with E-state index in [1.165, 1.54) is 0 Å². The van der Waals surface area contributed by atoms with Crippen molar-refractivity contribution < 1.29 is 14.4 Å². The van der Waals surface area contributed by atoms with Crippen molar-refractivity contribution in [1.82, 2.24) is 15.5 Å². The van der Waals surface area contributed by atoms with Gasteiger partial charge in [-0.3, -0.25) is 9.59 Å². The minimum atomic E-state index is -0.989. The van der Waals surface area contributed by atoms with Crippen molar-refractivity contribution in [2.75, 3.05) is 26.2 Å². The molecular formula is C15H20N4O3. The van der Waals surface area contributed by atoms with Gasteiger partial charge in [-0.2, -0.15) is 0 Å². The Morgan fingerprint density at radius 1 is 1.18 bits per heavy atom. The molecule has 0 spiro atoms. The number of Topliss-reactive ketones (excluding diaryl/α,β-unsaturated/α-hetero) is 1. The lowest BCUT2D eigenvalue weighted by Gasteiger charge is -2.29. The second-order valence-corrected chi connectivity index (χ2v) is 5.14. The molecule has 22 heavy (non-hydrogen) atoms. The molecule has 4 N–H and O–H groups in total. The van der Waals surface area contributed by atoms with Gasteiger partial charge in [0.25, 0.3) is 5.91 Å². The van der Waals surface area contributed by atoms with Gasteiger partial charge in [0.05, 0.1) is 6.04 Å². The summed E-state index contributed by atoms with van der Waals surface area (Å²) in [5.74, 6) is -1.69. The highest BCUT2D eigenvalue weighted by Gasteiger charge is 2.24. The molecule has 1 atom stereocenters. The van der Waals surface area contributed by atoms with E-state index >= 15 is 0 Å². The van der Waals surface area contributed by atoms with E-state index in [4.69, 9.17) is 5.73 Å². The zero-order valence-electron chi connectivity index (χ0n) is 12.2. The molecule has 118 valence electrons. The Hall–Kier alpha value is -2.41. The fourth-order valence-electron chi connectivity index (χ4n) is 2.33. The number of carbonyl (C=O) groups is 3. The lowest BCUT2D eigenvalue weighted by atomic mass is 10.0. The normalized spacial score (nSPS) is 15.9. The van der Waals surface area contributed by atoms with E-state index in [-0.39, 0.29) is 12.5 Å². The average Bonchev–Trinajstić information content (AvgIpc) is 2.55. The molecule has 0 aliphatic carbocycles. The molecule has 0 aromatic heterocycles. The van der Waals surface area contributed by atoms with E-state index in [2.05, 4.69) is 10.6 Å². The van der Waals surface area contributed by atoms with Crippen LogP contribution in [0.1, 0.15) is 18.0 Å². The number of hydrogen-bond donors (Lipinski definition) is 3. The number of amides is 3. The van der Waals surface area contributed by atoms with Crippen LogP contribution in [0.2, 0.25) is 0 Å². The summed E-state index contributed by atoms with van der Waals surface area (Å²) in [5, 5.41) is 5.98. The monoisotopic (exact) mass is 304 g/mol. The van der Waals surface area contributed by atoms with Gasteiger partial charge < -0.3 is 21.3 Å². The third-order valence-electron chi connectivity index (χ3n) is 3.57. The van der Waals surface area contributed by atoms with E-state index in [9.17, 15) is 14.4 Å². The van der Waals surface area contributed by atoms with Crippen LogP contribution in [0.3, 0.4) is 0 Å². The summed E-state index contributed by atoms with van der Waals surface area (Å²) in [5.41, 5.74) is 5.78. The van der Waals surface area contributed by atoms with Crippen molar-refractivity contribution in [3.05, 3.63) is 35.9 Å². The van der Waals surface area contributed by atoms with Crippen molar-refractivity contribution in [1.29, 1.82) is 0 Å². The highest BCUT2D eigenvalue weighted by Crippen LogP contribution is 2.17. The number of primary amides is 1. The lowest BCUT2D eigenvalue weighted by Crippen LogP contribution is -2.51. The zero-order valence-corrected chi connectivity index (χ0v) is 12.2. The number of nitrogens with two attached hydrogens (primary N) is 1. The zero-order chi connectivity index (χ0) is 15.9. The van der Waals surface area contributed by atoms with Crippen LogP contribution >= 0.6 is 0 Å². The highest BCUT2D eigenvalue weighted by atomic mass is 16.2. The number of ketones is 1. The van der Waals surface area contributed by atoms with Gasteiger partial charge in [-0.1, -0.05) is 30.3 Å². The quantitative estimate of drug-likeness (QED) is 0.654. The van der Waals surface area contributed by atoms with Gasteiger partial charge >= 0.3 is 6.03 Å². The summed E-state index contributed by atoms with van der Waals surface area (Å²) in [7, 11) is 0. The fourth-order valence-corrected chi connectivity index (χ4v) is 2.33. The van der Waals surface area contributed by atoms with Crippen LogP contribution in [0.15, 0.2) is 30.3 Å². The van der Waals surface area contributed by atoms with Crippen LogP contribution < -0.4 is 16.4 Å². The smallest absolute Gasteiger partial charge is 0.317 e. The molecule has 1 heterocycles. The third kappa shape index (κ3) is 4.29. The van der Waals surface area contributed by atoms with E-state index in [1.807, 2.05) is 18.2 Å². The van der Waals surface area contributed by atoms with Crippen LogP contribution in [0.5, 0.6) is 0 Å². The van der Waals surface area contributed by atoms with Crippen molar-refractivity contribution in [3.63, 3.8) is 0 Å². The summed E-state index contributed by atoms with van der Waals surface area (Å²) in [4.78, 5) is 36.6. The third-order valence-corrected chi connectivity index (χ3v) is 3.57. The SMILES string of the molecule is NC(=O)C(=O)CC(NC(=O)N1CCNCC1)c1ccccc1. The van der Waals surface area contributed by atoms with Crippen molar-refractivity contribution in [2.45, 2.75) is 12.5 Å². The molecule has 1 saturated heterocycles. The molecule has 7 nitrogen and oxygen atoms in total. The highest BCUT2D eigenvalue weighted by molar-refractivity contribution is 6.35. The number of piperazine rings is 1. The first-order chi connectivity index (χ1) is 10.6. The van der Waals surface area contributed by atoms with Gasteiger partial charge in [-0.05, 0) is 5.56 Å². The fraction of sp³-hybridized carbons (Fsp3) is 0.400. The number of urea groups is 1. The number of rotatable bonds is 5. The molecular weight excluding hydrogens is 284 g/mol. The standard InChI is InChI=1S/C15H20N4O3/c16-14(21)13(20)10-12(11-4-2-1-3-5-11)18-15(22)19-8-6-17-7-9-19/h1-5,12,17H,6-10H2,(H2,16,21)(H,18,22). The molecule has 2 rings (SSSR count). The number of nitrogens with one attached hydrogen (secondary N) is 2. The number of nitrogens with zero attached hydrogens (tertiary/aromatic N) is 1. The Morgan fingerprint density at radius 3 is 2.41 bits per heavy atom. The Kier molecular flexibility index (Phi) is 5.48. The first-order valence-corrected chi connectivity index (χ1v) is 7.21. The first kappa shape index (κ1) is 16.0. The Morgan fingerprint density at radius 2 is 1.82 bits per heavy atom. The molecule has 0 bridgehead atoms. The molecule has 1 aliphatic rings. The predicted octanol–water partition coefficient (Wildman–Crippen LogP) is -0.213. The number of carbonyl (C=O) groups excluding carboxylic acids is 3. The molecule has 1 aromatic rings. The largest absolute Gasteiger partial charge is 0.363 e. The maximum atomic E-state index is 12.3. The van der Waals surface area contributed by atoms with Crippen LogP contribution in [0.4, 0.5) is 4.79 Å². The first-order valence-electron chi connectivity index (χ1n) is 7.21. The van der Waals surface area contributed by atoms with Crippen molar-refractivity contribution in [2.24, 2.45) is 5.73 Å². The van der Waals surface area contributed by atoms with E-state index in [1.54, 1.807) is 17.0 Å². The van der Waals surface area contributed by atoms with Gasteiger partial charge in [0.1, 0.15) is 0 Å². The minimum Gasteiger partial charge on any atom is -0.363 e. The maximum absolute atomic E-state index is 12.3. The van der Waals surface area contributed by atoms with E-state index in [0.717, 1.165) is 18.7 Å².